The van der Waals surface area contributed by atoms with Gasteiger partial charge in [-0.2, -0.15) is 0 Å². The molecular weight excluding hydrogens is 170 g/mol. The molecule has 0 aromatic heterocycles. The Hall–Kier alpha value is -0.0400. The van der Waals surface area contributed by atoms with Crippen molar-refractivity contribution < 1.29 is 0 Å². The first-order chi connectivity index (χ1) is 6.61. The molecule has 0 bridgehead atoms. The second-order valence-electron chi connectivity index (χ2n) is 4.81. The first kappa shape index (κ1) is 14.0. The third-order valence-electron chi connectivity index (χ3n) is 3.17. The van der Waals surface area contributed by atoms with E-state index in [2.05, 4.69) is 39.6 Å². The van der Waals surface area contributed by atoms with Crippen LogP contribution in [-0.2, 0) is 0 Å². The van der Waals surface area contributed by atoms with Crippen LogP contribution in [0.4, 0.5) is 0 Å². The molecule has 0 saturated carbocycles. The van der Waals surface area contributed by atoms with Gasteiger partial charge in [-0.3, -0.25) is 0 Å². The fraction of sp³-hybridized carbons (Fsp3) is 1.00. The normalized spacial score (nSPS) is 12.0. The van der Waals surface area contributed by atoms with Gasteiger partial charge in [0.1, 0.15) is 0 Å². The van der Waals surface area contributed by atoms with Crippen LogP contribution >= 0.6 is 0 Å². The average molecular weight is 199 g/mol. The van der Waals surface area contributed by atoms with Crippen molar-refractivity contribution in [3.8, 4) is 0 Å². The van der Waals surface area contributed by atoms with Gasteiger partial charge in [0.2, 0.25) is 0 Å². The van der Waals surface area contributed by atoms with Crippen molar-refractivity contribution >= 4 is 0 Å². The maximum atomic E-state index is 2.46. The Morgan fingerprint density at radius 3 is 1.79 bits per heavy atom. The van der Waals surface area contributed by atoms with Gasteiger partial charge in [-0.05, 0) is 39.8 Å². The highest BCUT2D eigenvalue weighted by molar-refractivity contribution is 4.63. The van der Waals surface area contributed by atoms with E-state index in [0.717, 1.165) is 5.92 Å². The van der Waals surface area contributed by atoms with Crippen LogP contribution in [0.25, 0.3) is 0 Å². The standard InChI is InChI=1S/C13H29N/c1-6-8-13(9-7-2)10-11-14(5)12(3)4/h12-13H,6-11H2,1-5H3. The summed E-state index contributed by atoms with van der Waals surface area (Å²) in [6, 6.07) is 0.693. The topological polar surface area (TPSA) is 3.24 Å². The van der Waals surface area contributed by atoms with Crippen LogP contribution in [0, 0.1) is 5.92 Å². The van der Waals surface area contributed by atoms with Crippen molar-refractivity contribution in [1.82, 2.24) is 4.90 Å². The highest BCUT2D eigenvalue weighted by atomic mass is 15.1. The molecule has 0 spiro atoms. The summed E-state index contributed by atoms with van der Waals surface area (Å²) in [4.78, 5) is 2.46. The second kappa shape index (κ2) is 8.28. The Morgan fingerprint density at radius 1 is 0.929 bits per heavy atom. The van der Waals surface area contributed by atoms with Crippen LogP contribution < -0.4 is 0 Å². The molecular formula is C13H29N. The van der Waals surface area contributed by atoms with Gasteiger partial charge < -0.3 is 4.90 Å². The Balaban J connectivity index is 3.68. The van der Waals surface area contributed by atoms with E-state index in [0.29, 0.717) is 6.04 Å². The van der Waals surface area contributed by atoms with Gasteiger partial charge >= 0.3 is 0 Å². The van der Waals surface area contributed by atoms with Crippen LogP contribution in [-0.4, -0.2) is 24.5 Å². The predicted octanol–water partition coefficient (Wildman–Crippen LogP) is 3.93. The van der Waals surface area contributed by atoms with E-state index >= 15 is 0 Å². The Kier molecular flexibility index (Phi) is 8.26. The van der Waals surface area contributed by atoms with E-state index < -0.39 is 0 Å². The van der Waals surface area contributed by atoms with Crippen molar-refractivity contribution in [2.45, 2.75) is 65.8 Å². The second-order valence-corrected chi connectivity index (χ2v) is 4.81. The summed E-state index contributed by atoms with van der Waals surface area (Å²) in [6.07, 6.45) is 6.90. The molecule has 0 saturated heterocycles. The number of hydrogen-bond donors (Lipinski definition) is 0. The summed E-state index contributed by atoms with van der Waals surface area (Å²) in [5.74, 6) is 0.964. The molecule has 0 aliphatic carbocycles. The van der Waals surface area contributed by atoms with Gasteiger partial charge in [0, 0.05) is 6.04 Å². The molecule has 0 radical (unpaired) electrons. The molecule has 0 amide bonds. The minimum Gasteiger partial charge on any atom is -0.304 e. The number of rotatable bonds is 8. The highest BCUT2D eigenvalue weighted by Gasteiger charge is 2.09. The quantitative estimate of drug-likeness (QED) is 0.572. The van der Waals surface area contributed by atoms with Crippen LogP contribution in [0.1, 0.15) is 59.8 Å². The molecule has 0 aliphatic rings. The van der Waals surface area contributed by atoms with Crippen molar-refractivity contribution in [3.05, 3.63) is 0 Å². The maximum Gasteiger partial charge on any atom is 0.00355 e. The highest BCUT2D eigenvalue weighted by Crippen LogP contribution is 2.18. The van der Waals surface area contributed by atoms with Gasteiger partial charge in [-0.15, -0.1) is 0 Å². The molecule has 0 rings (SSSR count). The number of nitrogens with zero attached hydrogens (tertiary/aromatic N) is 1. The summed E-state index contributed by atoms with van der Waals surface area (Å²) in [6.45, 7) is 10.4. The zero-order valence-electron chi connectivity index (χ0n) is 10.8. The Morgan fingerprint density at radius 2 is 1.43 bits per heavy atom. The minimum atomic E-state index is 0.693. The van der Waals surface area contributed by atoms with Gasteiger partial charge in [-0.25, -0.2) is 0 Å². The molecule has 0 aliphatic heterocycles. The zero-order valence-corrected chi connectivity index (χ0v) is 10.8. The summed E-state index contributed by atoms with van der Waals surface area (Å²) < 4.78 is 0. The molecule has 0 unspecified atom stereocenters. The number of hydrogen-bond acceptors (Lipinski definition) is 1. The van der Waals surface area contributed by atoms with Crippen molar-refractivity contribution in [2.24, 2.45) is 5.92 Å². The van der Waals surface area contributed by atoms with Crippen LogP contribution in [0.15, 0.2) is 0 Å². The minimum absolute atomic E-state index is 0.693. The monoisotopic (exact) mass is 199 g/mol. The summed E-state index contributed by atoms with van der Waals surface area (Å²) >= 11 is 0. The zero-order chi connectivity index (χ0) is 11.0. The molecule has 1 heteroatoms. The van der Waals surface area contributed by atoms with Crippen molar-refractivity contribution in [1.29, 1.82) is 0 Å². The molecule has 86 valence electrons. The average Bonchev–Trinajstić information content (AvgIpc) is 2.14. The van der Waals surface area contributed by atoms with Gasteiger partial charge in [0.15, 0.2) is 0 Å². The lowest BCUT2D eigenvalue weighted by molar-refractivity contribution is 0.242. The Labute approximate surface area is 90.9 Å². The summed E-state index contributed by atoms with van der Waals surface area (Å²) in [7, 11) is 2.24. The molecule has 14 heavy (non-hydrogen) atoms. The maximum absolute atomic E-state index is 2.46. The SMILES string of the molecule is CCCC(CCC)CCN(C)C(C)C. The van der Waals surface area contributed by atoms with E-state index in [4.69, 9.17) is 0 Å². The molecule has 0 atom stereocenters. The lowest BCUT2D eigenvalue weighted by Crippen LogP contribution is -2.28. The van der Waals surface area contributed by atoms with Crippen molar-refractivity contribution in [3.63, 3.8) is 0 Å². The van der Waals surface area contributed by atoms with E-state index in [1.165, 1.54) is 38.6 Å². The fourth-order valence-electron chi connectivity index (χ4n) is 1.89. The third-order valence-corrected chi connectivity index (χ3v) is 3.17. The van der Waals surface area contributed by atoms with Crippen LogP contribution in [0.2, 0.25) is 0 Å². The first-order valence-corrected chi connectivity index (χ1v) is 6.32. The lowest BCUT2D eigenvalue weighted by atomic mass is 9.94. The third kappa shape index (κ3) is 6.42. The fourth-order valence-corrected chi connectivity index (χ4v) is 1.89. The van der Waals surface area contributed by atoms with E-state index in [9.17, 15) is 0 Å². The molecule has 0 aromatic rings. The van der Waals surface area contributed by atoms with Gasteiger partial charge in [-0.1, -0.05) is 39.5 Å². The van der Waals surface area contributed by atoms with Gasteiger partial charge in [0.25, 0.3) is 0 Å². The molecule has 0 fully saturated rings. The van der Waals surface area contributed by atoms with E-state index in [-0.39, 0.29) is 0 Å². The van der Waals surface area contributed by atoms with E-state index in [1.807, 2.05) is 0 Å². The van der Waals surface area contributed by atoms with Crippen LogP contribution in [0.3, 0.4) is 0 Å². The molecule has 1 nitrogen and oxygen atoms in total. The predicted molar refractivity (Wildman–Crippen MR) is 65.7 cm³/mol. The Bertz CT molecular complexity index is 114. The largest absolute Gasteiger partial charge is 0.304 e. The van der Waals surface area contributed by atoms with Crippen LogP contribution in [0.5, 0.6) is 0 Å². The van der Waals surface area contributed by atoms with Gasteiger partial charge in [0.05, 0.1) is 0 Å². The smallest absolute Gasteiger partial charge is 0.00355 e. The molecule has 0 heterocycles. The van der Waals surface area contributed by atoms with E-state index in [1.54, 1.807) is 0 Å². The van der Waals surface area contributed by atoms with Crippen molar-refractivity contribution in [2.75, 3.05) is 13.6 Å². The first-order valence-electron chi connectivity index (χ1n) is 6.32. The summed E-state index contributed by atoms with van der Waals surface area (Å²) in [5.41, 5.74) is 0. The molecule has 0 aromatic carbocycles. The molecule has 0 N–H and O–H groups in total. The lowest BCUT2D eigenvalue weighted by Gasteiger charge is -2.24. The summed E-state index contributed by atoms with van der Waals surface area (Å²) in [5, 5.41) is 0.